The molecule has 3 N–H and O–H groups in total. The highest BCUT2D eigenvalue weighted by Crippen LogP contribution is 2.58. The van der Waals surface area contributed by atoms with Crippen molar-refractivity contribution in [1.82, 2.24) is 13.8 Å². The van der Waals surface area contributed by atoms with Gasteiger partial charge in [-0.2, -0.15) is 0 Å². The average molecular weight is 689 g/mol. The van der Waals surface area contributed by atoms with Crippen LogP contribution in [0.3, 0.4) is 0 Å². The van der Waals surface area contributed by atoms with Gasteiger partial charge in [0.15, 0.2) is 31.3 Å². The molecule has 10 heteroatoms. The van der Waals surface area contributed by atoms with Gasteiger partial charge in [0, 0.05) is 37.7 Å². The standard InChI is InChI=1S/C33H39N3O3P2S.C4H7N/c1-9-10-15-34-41(36-18-13-14-19-36)39-27-21-25(33(5,6)7)23-29-31(27)37-30-26(38-40(8)35-16-11-12-17-35)20-24(32(2,3)4)22-28(30)42-29;1-2-3-4-5/h9-23,34H,1H2,2-8H3;2-4H,1,5H2/b15-10-;4-3-. The van der Waals surface area contributed by atoms with Crippen molar-refractivity contribution in [3.05, 3.63) is 134 Å². The molecule has 0 radical (unpaired) electrons. The molecule has 4 aromatic rings. The molecule has 248 valence electrons. The Kier molecular flexibility index (Phi) is 12.1. The van der Waals surface area contributed by atoms with E-state index in [1.807, 2.05) is 65.7 Å². The highest BCUT2D eigenvalue weighted by atomic mass is 32.2. The average Bonchev–Trinajstić information content (AvgIpc) is 3.75. The number of benzene rings is 2. The molecular weight excluding hydrogens is 642 g/mol. The van der Waals surface area contributed by atoms with Crippen molar-refractivity contribution in [2.24, 2.45) is 5.73 Å². The van der Waals surface area contributed by atoms with E-state index < -0.39 is 16.7 Å². The lowest BCUT2D eigenvalue weighted by molar-refractivity contribution is 0.408. The van der Waals surface area contributed by atoms with Crippen molar-refractivity contribution < 1.29 is 13.8 Å². The molecule has 1 aliphatic rings. The number of allylic oxidation sites excluding steroid dienone is 4. The van der Waals surface area contributed by atoms with E-state index in [0.717, 1.165) is 21.3 Å². The zero-order valence-corrected chi connectivity index (χ0v) is 30.9. The van der Waals surface area contributed by atoms with Crippen LogP contribution in [0.25, 0.3) is 0 Å². The molecule has 2 aromatic heterocycles. The third kappa shape index (κ3) is 9.38. The Morgan fingerprint density at radius 3 is 1.70 bits per heavy atom. The van der Waals surface area contributed by atoms with Crippen LogP contribution in [0.4, 0.5) is 0 Å². The number of hydrogen-bond acceptors (Lipinski definition) is 6. The zero-order chi connectivity index (χ0) is 34.2. The summed E-state index contributed by atoms with van der Waals surface area (Å²) in [4.78, 5) is 2.06. The van der Waals surface area contributed by atoms with Crippen LogP contribution in [0.2, 0.25) is 0 Å². The highest BCUT2D eigenvalue weighted by Gasteiger charge is 2.32. The van der Waals surface area contributed by atoms with E-state index in [0.29, 0.717) is 11.5 Å². The first kappa shape index (κ1) is 36.0. The predicted octanol–water partition coefficient (Wildman–Crippen LogP) is 11.1. The molecule has 0 saturated carbocycles. The van der Waals surface area contributed by atoms with Gasteiger partial charge in [0.25, 0.3) is 0 Å². The Morgan fingerprint density at radius 1 is 0.766 bits per heavy atom. The van der Waals surface area contributed by atoms with Crippen molar-refractivity contribution in [2.45, 2.75) is 62.2 Å². The predicted molar refractivity (Wildman–Crippen MR) is 201 cm³/mol. The molecule has 47 heavy (non-hydrogen) atoms. The number of ether oxygens (including phenoxy) is 1. The minimum Gasteiger partial charge on any atom is -0.449 e. The second-order valence-corrected chi connectivity index (χ2v) is 16.8. The Balaban J connectivity index is 0.000000930. The maximum absolute atomic E-state index is 6.81. The Labute approximate surface area is 287 Å². The van der Waals surface area contributed by atoms with Crippen LogP contribution >= 0.6 is 28.5 Å². The fourth-order valence-electron chi connectivity index (χ4n) is 4.36. The largest absolute Gasteiger partial charge is 0.449 e. The van der Waals surface area contributed by atoms with Crippen LogP contribution in [0.15, 0.2) is 133 Å². The van der Waals surface area contributed by atoms with Crippen molar-refractivity contribution >= 4 is 28.5 Å². The normalized spacial score (nSPS) is 13.9. The quantitative estimate of drug-likeness (QED) is 0.112. The van der Waals surface area contributed by atoms with Gasteiger partial charge in [-0.05, 0) is 88.8 Å². The molecule has 1 aliphatic heterocycles. The van der Waals surface area contributed by atoms with Gasteiger partial charge in [0.1, 0.15) is 0 Å². The van der Waals surface area contributed by atoms with Crippen molar-refractivity contribution in [3.63, 3.8) is 0 Å². The third-order valence-corrected chi connectivity index (χ3v) is 10.8. The molecule has 0 bridgehead atoms. The van der Waals surface area contributed by atoms with Gasteiger partial charge in [0.05, 0.1) is 9.79 Å². The Bertz CT molecular complexity index is 1700. The smallest absolute Gasteiger partial charge is 0.310 e. The number of nitrogens with two attached hydrogens (primary N) is 1. The van der Waals surface area contributed by atoms with E-state index in [-0.39, 0.29) is 10.8 Å². The molecule has 0 amide bonds. The molecule has 5 rings (SSSR count). The molecule has 2 atom stereocenters. The van der Waals surface area contributed by atoms with Crippen LogP contribution in [0.5, 0.6) is 23.0 Å². The first-order chi connectivity index (χ1) is 22.3. The van der Waals surface area contributed by atoms with E-state index >= 15 is 0 Å². The van der Waals surface area contributed by atoms with Crippen LogP contribution < -0.4 is 24.6 Å². The van der Waals surface area contributed by atoms with E-state index in [1.165, 1.54) is 17.3 Å². The summed E-state index contributed by atoms with van der Waals surface area (Å²) in [6.07, 6.45) is 18.2. The molecule has 3 heterocycles. The summed E-state index contributed by atoms with van der Waals surface area (Å²) in [5.74, 6) is 2.85. The summed E-state index contributed by atoms with van der Waals surface area (Å²) in [7, 11) is -2.24. The maximum Gasteiger partial charge on any atom is 0.310 e. The summed E-state index contributed by atoms with van der Waals surface area (Å²) < 4.78 is 24.4. The van der Waals surface area contributed by atoms with Gasteiger partial charge in [0.2, 0.25) is 0 Å². The van der Waals surface area contributed by atoms with Crippen LogP contribution in [0, 0.1) is 0 Å². The van der Waals surface area contributed by atoms with E-state index in [2.05, 4.69) is 95.1 Å². The van der Waals surface area contributed by atoms with Gasteiger partial charge in [-0.25, -0.2) is 0 Å². The number of nitrogens with one attached hydrogen (secondary N) is 1. The minimum atomic E-state index is -1.29. The summed E-state index contributed by atoms with van der Waals surface area (Å²) in [5, 5.41) is 3.40. The van der Waals surface area contributed by atoms with Crippen molar-refractivity contribution in [1.29, 1.82) is 0 Å². The summed E-state index contributed by atoms with van der Waals surface area (Å²) in [6, 6.07) is 16.7. The molecule has 0 aliphatic carbocycles. The summed E-state index contributed by atoms with van der Waals surface area (Å²) >= 11 is 1.71. The fourth-order valence-corrected chi connectivity index (χ4v) is 7.70. The van der Waals surface area contributed by atoms with Gasteiger partial charge in [-0.15, -0.1) is 0 Å². The first-order valence-electron chi connectivity index (χ1n) is 15.3. The van der Waals surface area contributed by atoms with Crippen molar-refractivity contribution in [3.8, 4) is 23.0 Å². The highest BCUT2D eigenvalue weighted by molar-refractivity contribution is 7.99. The lowest BCUT2D eigenvalue weighted by atomic mass is 9.86. The minimum absolute atomic E-state index is 0.0589. The molecule has 0 spiro atoms. The lowest BCUT2D eigenvalue weighted by Crippen LogP contribution is -2.15. The lowest BCUT2D eigenvalue weighted by Gasteiger charge is -2.30. The first-order valence-corrected chi connectivity index (χ1v) is 19.0. The summed E-state index contributed by atoms with van der Waals surface area (Å²) in [6.45, 7) is 22.6. The van der Waals surface area contributed by atoms with Gasteiger partial charge < -0.3 is 28.9 Å². The van der Waals surface area contributed by atoms with Crippen LogP contribution in [-0.4, -0.2) is 15.3 Å². The van der Waals surface area contributed by atoms with Gasteiger partial charge >= 0.3 is 8.45 Å². The van der Waals surface area contributed by atoms with Gasteiger partial charge in [-0.1, -0.05) is 78.6 Å². The molecular formula is C37H46N4O3P2S. The third-order valence-electron chi connectivity index (χ3n) is 6.99. The Morgan fingerprint density at radius 2 is 1.26 bits per heavy atom. The maximum atomic E-state index is 6.81. The summed E-state index contributed by atoms with van der Waals surface area (Å²) in [5.41, 5.74) is 7.11. The van der Waals surface area contributed by atoms with E-state index in [9.17, 15) is 0 Å². The topological polar surface area (TPSA) is 75.6 Å². The fraction of sp³-hybridized carbons (Fsp3) is 0.243. The monoisotopic (exact) mass is 688 g/mol. The zero-order valence-electron chi connectivity index (χ0n) is 28.3. The molecule has 0 fully saturated rings. The number of rotatable bonds is 10. The van der Waals surface area contributed by atoms with Gasteiger partial charge in [-0.3, -0.25) is 4.34 Å². The van der Waals surface area contributed by atoms with Crippen molar-refractivity contribution in [2.75, 3.05) is 6.66 Å². The Hall–Kier alpha value is -3.83. The van der Waals surface area contributed by atoms with E-state index in [4.69, 9.17) is 19.5 Å². The second kappa shape index (κ2) is 15.8. The number of nitrogens with zero attached hydrogens (tertiary/aromatic N) is 2. The second-order valence-electron chi connectivity index (χ2n) is 12.7. The molecule has 7 nitrogen and oxygen atoms in total. The molecule has 2 unspecified atom stereocenters. The van der Waals surface area contributed by atoms with Crippen LogP contribution in [0.1, 0.15) is 52.7 Å². The molecule has 0 saturated heterocycles. The SMILES string of the molecule is C=C/C=C\N.C=C/C=C\NP(Oc1cc(C(C)(C)C)cc2c1Oc1c(OP(C)n3cccc3)cc(C(C)(C)C)cc1S2)n1cccc1. The number of hydrogen-bond donors (Lipinski definition) is 2. The molecule has 2 aromatic carbocycles. The van der Waals surface area contributed by atoms with E-state index in [1.54, 1.807) is 30.0 Å². The van der Waals surface area contributed by atoms with Crippen LogP contribution in [-0.2, 0) is 10.8 Å². The number of fused-ring (bicyclic) bond motifs is 2. The number of aromatic nitrogens is 2.